The van der Waals surface area contributed by atoms with Crippen molar-refractivity contribution in [3.63, 3.8) is 0 Å². The summed E-state index contributed by atoms with van der Waals surface area (Å²) in [7, 11) is -3.45. The maximum absolute atomic E-state index is 12.4. The Balaban J connectivity index is 1.56. The number of fused-ring (bicyclic) bond motifs is 1. The molecule has 0 aliphatic heterocycles. The van der Waals surface area contributed by atoms with Crippen LogP contribution < -0.4 is 9.46 Å². The number of benzene rings is 2. The van der Waals surface area contributed by atoms with Gasteiger partial charge in [-0.3, -0.25) is 4.72 Å². The molecule has 5 rings (SSSR count). The third-order valence-electron chi connectivity index (χ3n) is 6.26. The molecule has 0 spiro atoms. The van der Waals surface area contributed by atoms with Gasteiger partial charge in [-0.05, 0) is 54.5 Å². The standard InChI is InChI=1S/C28H26N6O3S/c1-18(2)17-38(35,36)33-21-7-5-20(6-8-21)27-24(14-29)23-10-9-22(13-26(23)34(27)16-19-3-4-19)37-28-25(15-30)31-11-12-32-28/h5-13,18-19,33H,3-4,16-17H2,1-2H3. The van der Waals surface area contributed by atoms with E-state index in [4.69, 9.17) is 4.74 Å². The summed E-state index contributed by atoms with van der Waals surface area (Å²) in [5, 5.41) is 20.3. The lowest BCUT2D eigenvalue weighted by molar-refractivity contribution is 0.458. The molecule has 192 valence electrons. The first-order valence-corrected chi connectivity index (χ1v) is 14.0. The van der Waals surface area contributed by atoms with E-state index in [0.29, 0.717) is 22.9 Å². The Hall–Kier alpha value is -4.41. The van der Waals surface area contributed by atoms with Crippen molar-refractivity contribution in [1.29, 1.82) is 10.5 Å². The molecule has 1 fully saturated rings. The lowest BCUT2D eigenvalue weighted by atomic mass is 10.1. The second-order valence-electron chi connectivity index (χ2n) is 9.85. The van der Waals surface area contributed by atoms with Crippen molar-refractivity contribution in [2.24, 2.45) is 11.8 Å². The van der Waals surface area contributed by atoms with E-state index in [2.05, 4.69) is 25.3 Å². The number of anilines is 1. The minimum absolute atomic E-state index is 0.0115. The molecule has 0 atom stereocenters. The van der Waals surface area contributed by atoms with Crippen molar-refractivity contribution in [3.05, 3.63) is 66.1 Å². The lowest BCUT2D eigenvalue weighted by Gasteiger charge is -2.13. The van der Waals surface area contributed by atoms with Gasteiger partial charge in [0.1, 0.15) is 17.9 Å². The average Bonchev–Trinajstić information content (AvgIpc) is 3.65. The van der Waals surface area contributed by atoms with Gasteiger partial charge in [0, 0.05) is 36.1 Å². The highest BCUT2D eigenvalue weighted by Crippen LogP contribution is 2.40. The van der Waals surface area contributed by atoms with Crippen LogP contribution in [0.1, 0.15) is 37.9 Å². The van der Waals surface area contributed by atoms with Gasteiger partial charge in [0.05, 0.1) is 22.5 Å². The third kappa shape index (κ3) is 5.31. The van der Waals surface area contributed by atoms with Crippen LogP contribution in [0.5, 0.6) is 11.6 Å². The normalized spacial score (nSPS) is 13.3. The fourth-order valence-corrected chi connectivity index (χ4v) is 5.95. The van der Waals surface area contributed by atoms with Gasteiger partial charge in [0.2, 0.25) is 15.7 Å². The van der Waals surface area contributed by atoms with Crippen molar-refractivity contribution in [1.82, 2.24) is 14.5 Å². The highest BCUT2D eigenvalue weighted by Gasteiger charge is 2.27. The number of aromatic nitrogens is 3. The Morgan fingerprint density at radius 1 is 1.08 bits per heavy atom. The van der Waals surface area contributed by atoms with Gasteiger partial charge in [0.25, 0.3) is 5.88 Å². The van der Waals surface area contributed by atoms with Crippen LogP contribution in [0.15, 0.2) is 54.9 Å². The molecule has 1 aliphatic rings. The van der Waals surface area contributed by atoms with Gasteiger partial charge in [-0.15, -0.1) is 0 Å². The molecule has 0 unspecified atom stereocenters. The quantitative estimate of drug-likeness (QED) is 0.307. The van der Waals surface area contributed by atoms with Crippen LogP contribution in [-0.4, -0.2) is 28.7 Å². The summed E-state index contributed by atoms with van der Waals surface area (Å²) in [4.78, 5) is 8.12. The molecule has 0 bridgehead atoms. The number of hydrogen-bond acceptors (Lipinski definition) is 7. The zero-order valence-corrected chi connectivity index (χ0v) is 21.9. The second-order valence-corrected chi connectivity index (χ2v) is 11.6. The molecule has 9 nitrogen and oxygen atoms in total. The number of hydrogen-bond donors (Lipinski definition) is 1. The Morgan fingerprint density at radius 2 is 1.82 bits per heavy atom. The average molecular weight is 527 g/mol. The molecule has 1 aliphatic carbocycles. The molecule has 0 saturated heterocycles. The minimum Gasteiger partial charge on any atom is -0.436 e. The molecule has 10 heteroatoms. The zero-order valence-electron chi connectivity index (χ0n) is 21.0. The van der Waals surface area contributed by atoms with E-state index in [-0.39, 0.29) is 23.2 Å². The lowest BCUT2D eigenvalue weighted by Crippen LogP contribution is -2.19. The Morgan fingerprint density at radius 3 is 2.47 bits per heavy atom. The van der Waals surface area contributed by atoms with E-state index < -0.39 is 10.0 Å². The summed E-state index contributed by atoms with van der Waals surface area (Å²) in [5.41, 5.74) is 3.53. The molecule has 2 aromatic heterocycles. The topological polar surface area (TPSA) is 134 Å². The van der Waals surface area contributed by atoms with Crippen LogP contribution in [0, 0.1) is 34.5 Å². The number of ether oxygens (including phenoxy) is 1. The molecular formula is C28H26N6O3S. The van der Waals surface area contributed by atoms with Gasteiger partial charge < -0.3 is 9.30 Å². The van der Waals surface area contributed by atoms with E-state index in [0.717, 1.165) is 41.5 Å². The zero-order chi connectivity index (χ0) is 26.9. The molecule has 38 heavy (non-hydrogen) atoms. The number of nitrogens with zero attached hydrogens (tertiary/aromatic N) is 5. The number of nitrogens with one attached hydrogen (secondary N) is 1. The predicted molar refractivity (Wildman–Crippen MR) is 144 cm³/mol. The highest BCUT2D eigenvalue weighted by atomic mass is 32.2. The van der Waals surface area contributed by atoms with Gasteiger partial charge in [-0.1, -0.05) is 26.0 Å². The first kappa shape index (κ1) is 25.2. The Labute approximate surface area is 221 Å². The minimum atomic E-state index is -3.45. The molecule has 2 heterocycles. The summed E-state index contributed by atoms with van der Waals surface area (Å²) in [6.07, 6.45) is 5.14. The van der Waals surface area contributed by atoms with Crippen molar-refractivity contribution >= 4 is 26.6 Å². The summed E-state index contributed by atoms with van der Waals surface area (Å²) in [6.45, 7) is 4.46. The molecule has 1 N–H and O–H groups in total. The van der Waals surface area contributed by atoms with Gasteiger partial charge in [-0.25, -0.2) is 18.4 Å². The highest BCUT2D eigenvalue weighted by molar-refractivity contribution is 7.92. The van der Waals surface area contributed by atoms with Crippen molar-refractivity contribution in [2.75, 3.05) is 10.5 Å². The van der Waals surface area contributed by atoms with Crippen LogP contribution in [0.2, 0.25) is 0 Å². The monoisotopic (exact) mass is 526 g/mol. The summed E-state index contributed by atoms with van der Waals surface area (Å²) in [5.74, 6) is 1.17. The van der Waals surface area contributed by atoms with Crippen LogP contribution in [0.3, 0.4) is 0 Å². The van der Waals surface area contributed by atoms with Crippen LogP contribution in [0.25, 0.3) is 22.2 Å². The second kappa shape index (κ2) is 10.2. The Kier molecular flexibility index (Phi) is 6.75. The van der Waals surface area contributed by atoms with E-state index in [1.807, 2.05) is 44.2 Å². The fourth-order valence-electron chi connectivity index (χ4n) is 4.50. The SMILES string of the molecule is CC(C)CS(=O)(=O)Nc1ccc(-c2c(C#N)c3ccc(Oc4nccnc4C#N)cc3n2CC2CC2)cc1. The molecule has 4 aromatic rings. The van der Waals surface area contributed by atoms with Crippen LogP contribution >= 0.6 is 0 Å². The van der Waals surface area contributed by atoms with E-state index >= 15 is 0 Å². The van der Waals surface area contributed by atoms with Crippen LogP contribution in [0.4, 0.5) is 5.69 Å². The van der Waals surface area contributed by atoms with Crippen molar-refractivity contribution in [3.8, 4) is 35.0 Å². The summed E-state index contributed by atoms with van der Waals surface area (Å²) >= 11 is 0. The van der Waals surface area contributed by atoms with Crippen molar-refractivity contribution in [2.45, 2.75) is 33.2 Å². The fraction of sp³-hybridized carbons (Fsp3) is 0.286. The van der Waals surface area contributed by atoms with E-state index in [9.17, 15) is 18.9 Å². The largest absolute Gasteiger partial charge is 0.436 e. The molecule has 1 saturated carbocycles. The van der Waals surface area contributed by atoms with Crippen molar-refractivity contribution < 1.29 is 13.2 Å². The Bertz CT molecular complexity index is 1690. The van der Waals surface area contributed by atoms with Gasteiger partial charge >= 0.3 is 0 Å². The van der Waals surface area contributed by atoms with Crippen LogP contribution in [-0.2, 0) is 16.6 Å². The molecule has 2 aromatic carbocycles. The van der Waals surface area contributed by atoms with Gasteiger partial charge in [0.15, 0.2) is 0 Å². The maximum atomic E-state index is 12.4. The molecular weight excluding hydrogens is 500 g/mol. The van der Waals surface area contributed by atoms with E-state index in [1.165, 1.54) is 12.4 Å². The van der Waals surface area contributed by atoms with E-state index in [1.54, 1.807) is 18.2 Å². The number of sulfonamides is 1. The first-order valence-electron chi connectivity index (χ1n) is 12.3. The molecule has 0 radical (unpaired) electrons. The third-order valence-corrected chi connectivity index (χ3v) is 7.91. The summed E-state index contributed by atoms with van der Waals surface area (Å²) in [6, 6.07) is 16.9. The summed E-state index contributed by atoms with van der Waals surface area (Å²) < 4.78 is 35.4. The smallest absolute Gasteiger partial charge is 0.256 e. The molecule has 0 amide bonds. The van der Waals surface area contributed by atoms with Gasteiger partial charge in [-0.2, -0.15) is 10.5 Å². The first-order chi connectivity index (χ1) is 18.3. The number of nitriles is 2. The number of rotatable bonds is 9. The maximum Gasteiger partial charge on any atom is 0.256 e. The predicted octanol–water partition coefficient (Wildman–Crippen LogP) is 5.44.